The molecule has 1 N–H and O–H groups in total. The summed E-state index contributed by atoms with van der Waals surface area (Å²) in [4.78, 5) is 31.9. The highest BCUT2D eigenvalue weighted by Crippen LogP contribution is 2.48. The quantitative estimate of drug-likeness (QED) is 0.231. The summed E-state index contributed by atoms with van der Waals surface area (Å²) in [6.45, 7) is 3.89. The van der Waals surface area contributed by atoms with Crippen molar-refractivity contribution in [3.05, 3.63) is 81.1 Å². The van der Waals surface area contributed by atoms with Crippen LogP contribution < -0.4 is 4.74 Å². The normalized spacial score (nSPS) is 20.8. The van der Waals surface area contributed by atoms with Crippen molar-refractivity contribution in [3.63, 3.8) is 0 Å². The van der Waals surface area contributed by atoms with Crippen molar-refractivity contribution in [1.82, 2.24) is 9.29 Å². The van der Waals surface area contributed by atoms with Crippen molar-refractivity contribution in [2.45, 2.75) is 50.2 Å². The summed E-state index contributed by atoms with van der Waals surface area (Å²) < 4.78 is 7.16. The second kappa shape index (κ2) is 10.3. The molecule has 184 valence electrons. The average molecular weight is 531 g/mol. The van der Waals surface area contributed by atoms with Crippen LogP contribution in [0.2, 0.25) is 5.02 Å². The summed E-state index contributed by atoms with van der Waals surface area (Å²) >= 11 is 12.5. The molecule has 3 aromatic rings. The molecule has 6 nitrogen and oxygen atoms in total. The number of amides is 1. The Balaban J connectivity index is 1.69. The van der Waals surface area contributed by atoms with Crippen LogP contribution in [0.4, 0.5) is 0 Å². The zero-order chi connectivity index (χ0) is 25.2. The van der Waals surface area contributed by atoms with Crippen LogP contribution in [0.1, 0.15) is 55.8 Å². The number of thiophene rings is 1. The molecule has 0 saturated carbocycles. The molecule has 35 heavy (non-hydrogen) atoms. The van der Waals surface area contributed by atoms with E-state index in [1.165, 1.54) is 15.6 Å². The summed E-state index contributed by atoms with van der Waals surface area (Å²) in [5.41, 5.74) is -0.246. The molecule has 2 unspecified atom stereocenters. The van der Waals surface area contributed by atoms with Crippen LogP contribution in [0.5, 0.6) is 5.88 Å². The van der Waals surface area contributed by atoms with E-state index in [-0.39, 0.29) is 12.2 Å². The van der Waals surface area contributed by atoms with E-state index in [1.54, 1.807) is 56.3 Å². The van der Waals surface area contributed by atoms with Gasteiger partial charge in [0.25, 0.3) is 0 Å². The lowest BCUT2D eigenvalue weighted by Crippen LogP contribution is -2.54. The minimum Gasteiger partial charge on any atom is -0.478 e. The number of thiol groups is 1. The molecular formula is C26H27ClN2O4S2. The van der Waals surface area contributed by atoms with Gasteiger partial charge in [0.05, 0.1) is 17.9 Å². The maximum atomic E-state index is 13.7. The Morgan fingerprint density at radius 2 is 2.00 bits per heavy atom. The fourth-order valence-corrected chi connectivity index (χ4v) is 5.74. The van der Waals surface area contributed by atoms with Gasteiger partial charge < -0.3 is 9.84 Å². The Kier molecular flexibility index (Phi) is 7.57. The molecule has 0 bridgehead atoms. The highest BCUT2D eigenvalue weighted by atomic mass is 35.5. The predicted molar refractivity (Wildman–Crippen MR) is 140 cm³/mol. The van der Waals surface area contributed by atoms with Gasteiger partial charge in [-0.25, -0.2) is 4.98 Å². The Bertz CT molecular complexity index is 1210. The van der Waals surface area contributed by atoms with Crippen LogP contribution in [0.25, 0.3) is 0 Å². The SMILES string of the molecule is CC(C)(O)CCCOc1cccc(C2(c3ccsc3)CC(=O)C(c3ccccc3Cl)C(=O)N2S)n1. The molecule has 4 rings (SSSR count). The van der Waals surface area contributed by atoms with Crippen molar-refractivity contribution < 1.29 is 19.4 Å². The lowest BCUT2D eigenvalue weighted by molar-refractivity contribution is -0.142. The van der Waals surface area contributed by atoms with Crippen molar-refractivity contribution in [3.8, 4) is 5.88 Å². The summed E-state index contributed by atoms with van der Waals surface area (Å²) in [6.07, 6.45) is 1.23. The van der Waals surface area contributed by atoms with Crippen LogP contribution in [0.15, 0.2) is 59.3 Å². The third-order valence-electron chi connectivity index (χ3n) is 6.11. The van der Waals surface area contributed by atoms with Crippen molar-refractivity contribution in [2.75, 3.05) is 6.61 Å². The average Bonchev–Trinajstić information content (AvgIpc) is 3.35. The highest BCUT2D eigenvalue weighted by Gasteiger charge is 2.53. The summed E-state index contributed by atoms with van der Waals surface area (Å²) in [5.74, 6) is -1.36. The summed E-state index contributed by atoms with van der Waals surface area (Å²) in [6, 6.07) is 14.1. The highest BCUT2D eigenvalue weighted by molar-refractivity contribution is 7.78. The maximum Gasteiger partial charge on any atom is 0.248 e. The van der Waals surface area contributed by atoms with Gasteiger partial charge in [-0.1, -0.05) is 48.7 Å². The molecule has 0 radical (unpaired) electrons. The molecule has 0 aliphatic carbocycles. The van der Waals surface area contributed by atoms with E-state index in [2.05, 4.69) is 12.8 Å². The van der Waals surface area contributed by atoms with E-state index in [9.17, 15) is 14.7 Å². The van der Waals surface area contributed by atoms with Gasteiger partial charge in [0.2, 0.25) is 11.8 Å². The molecule has 1 aliphatic rings. The Hall–Kier alpha value is -2.39. The Morgan fingerprint density at radius 3 is 2.69 bits per heavy atom. The number of benzene rings is 1. The molecule has 1 saturated heterocycles. The number of rotatable bonds is 8. The van der Waals surface area contributed by atoms with Crippen LogP contribution >= 0.6 is 35.8 Å². The topological polar surface area (TPSA) is 79.7 Å². The number of carbonyl (C=O) groups excluding carboxylic acids is 2. The van der Waals surface area contributed by atoms with Gasteiger partial charge >= 0.3 is 0 Å². The van der Waals surface area contributed by atoms with E-state index in [0.717, 1.165) is 5.56 Å². The smallest absolute Gasteiger partial charge is 0.248 e. The molecule has 1 fully saturated rings. The van der Waals surface area contributed by atoms with E-state index in [4.69, 9.17) is 21.3 Å². The predicted octanol–water partition coefficient (Wildman–Crippen LogP) is 5.40. The monoisotopic (exact) mass is 530 g/mol. The molecule has 1 aromatic carbocycles. The largest absolute Gasteiger partial charge is 0.478 e. The van der Waals surface area contributed by atoms with Crippen molar-refractivity contribution >= 4 is 47.4 Å². The zero-order valence-electron chi connectivity index (χ0n) is 19.5. The standard InChI is InChI=1S/C26H27ClN2O4S2/c1-25(2,32)12-6-13-33-22-10-5-9-21(28-22)26(17-11-14-35-16-17)15-20(30)23(24(31)29(26)34)18-7-3-4-8-19(18)27/h3-5,7-11,14,16,23,32,34H,6,12-13,15H2,1-2H3. The number of ether oxygens (including phenoxy) is 1. The fraction of sp³-hybridized carbons (Fsp3) is 0.346. The number of aliphatic hydroxyl groups is 1. The van der Waals surface area contributed by atoms with Crippen LogP contribution in [0.3, 0.4) is 0 Å². The van der Waals surface area contributed by atoms with Crippen molar-refractivity contribution in [2.24, 2.45) is 0 Å². The number of ketones is 1. The van der Waals surface area contributed by atoms with Crippen LogP contribution in [-0.2, 0) is 15.1 Å². The van der Waals surface area contributed by atoms with E-state index in [1.807, 2.05) is 16.8 Å². The van der Waals surface area contributed by atoms with Crippen molar-refractivity contribution in [1.29, 1.82) is 0 Å². The first-order chi connectivity index (χ1) is 16.6. The number of piperidine rings is 1. The molecule has 2 atom stereocenters. The van der Waals surface area contributed by atoms with Crippen LogP contribution in [-0.4, -0.2) is 38.3 Å². The van der Waals surface area contributed by atoms with Gasteiger partial charge in [-0.3, -0.25) is 13.9 Å². The zero-order valence-corrected chi connectivity index (χ0v) is 21.9. The van der Waals surface area contributed by atoms with Gasteiger partial charge in [0, 0.05) is 17.5 Å². The lowest BCUT2D eigenvalue weighted by Gasteiger charge is -2.45. The van der Waals surface area contributed by atoms with E-state index in [0.29, 0.717) is 41.6 Å². The molecule has 2 aromatic heterocycles. The van der Waals surface area contributed by atoms with Crippen LogP contribution in [0, 0.1) is 0 Å². The molecule has 0 spiro atoms. The maximum absolute atomic E-state index is 13.7. The first-order valence-electron chi connectivity index (χ1n) is 11.3. The third kappa shape index (κ3) is 5.26. The Morgan fingerprint density at radius 1 is 1.23 bits per heavy atom. The number of Topliss-reactive ketones (excluding diaryl/α,β-unsaturated/α-hetero) is 1. The second-order valence-electron chi connectivity index (χ2n) is 9.25. The minimum atomic E-state index is -1.19. The summed E-state index contributed by atoms with van der Waals surface area (Å²) in [7, 11) is 0. The van der Waals surface area contributed by atoms with Gasteiger partial charge in [0.1, 0.15) is 11.5 Å². The second-order valence-corrected chi connectivity index (χ2v) is 10.8. The van der Waals surface area contributed by atoms with Gasteiger partial charge in [-0.15, -0.1) is 0 Å². The fourth-order valence-electron chi connectivity index (χ4n) is 4.37. The Labute approximate surface area is 219 Å². The summed E-state index contributed by atoms with van der Waals surface area (Å²) in [5, 5.41) is 14.1. The molecule has 1 amide bonds. The molecular weight excluding hydrogens is 504 g/mol. The number of nitrogens with zero attached hydrogens (tertiary/aromatic N) is 2. The van der Waals surface area contributed by atoms with E-state index >= 15 is 0 Å². The first kappa shape index (κ1) is 25.7. The molecule has 3 heterocycles. The number of carbonyl (C=O) groups is 2. The molecule has 9 heteroatoms. The van der Waals surface area contributed by atoms with Gasteiger partial charge in [-0.2, -0.15) is 11.3 Å². The number of pyridine rings is 1. The third-order valence-corrected chi connectivity index (χ3v) is 7.68. The number of halogens is 1. The molecule has 1 aliphatic heterocycles. The number of hydrogen-bond acceptors (Lipinski definition) is 7. The van der Waals surface area contributed by atoms with E-state index < -0.39 is 23.0 Å². The van der Waals surface area contributed by atoms with Gasteiger partial charge in [-0.05, 0) is 66.8 Å². The first-order valence-corrected chi connectivity index (χ1v) is 13.0. The number of aromatic nitrogens is 1. The number of hydrogen-bond donors (Lipinski definition) is 2. The van der Waals surface area contributed by atoms with Gasteiger partial charge in [0.15, 0.2) is 5.78 Å². The lowest BCUT2D eigenvalue weighted by atomic mass is 9.75. The minimum absolute atomic E-state index is 0.00990.